The van der Waals surface area contributed by atoms with Gasteiger partial charge in [0, 0.05) is 0 Å². The van der Waals surface area contributed by atoms with Crippen molar-refractivity contribution in [3.8, 4) is 11.1 Å². The van der Waals surface area contributed by atoms with Gasteiger partial charge >= 0.3 is 26.2 Å². The smallest absolute Gasteiger partial charge is 1.00 e. The molecule has 0 amide bonds. The minimum atomic E-state index is 0. The van der Waals surface area contributed by atoms with Crippen LogP contribution in [0.4, 0.5) is 0 Å². The summed E-state index contributed by atoms with van der Waals surface area (Å²) in [5, 5.41) is 0. The summed E-state index contributed by atoms with van der Waals surface area (Å²) in [5.74, 6) is 5.22. The van der Waals surface area contributed by atoms with Gasteiger partial charge in [-0.2, -0.15) is 52.6 Å². The van der Waals surface area contributed by atoms with E-state index in [2.05, 4.69) is 103 Å². The van der Waals surface area contributed by atoms with Gasteiger partial charge in [-0.25, -0.2) is 6.07 Å². The maximum absolute atomic E-state index is 3.53. The molecular formula is C37H46Cl2Zr. The Morgan fingerprint density at radius 3 is 1.85 bits per heavy atom. The molecule has 0 N–H and O–H groups in total. The van der Waals surface area contributed by atoms with Crippen molar-refractivity contribution in [2.45, 2.75) is 104 Å². The maximum atomic E-state index is 3.53. The third-order valence-electron chi connectivity index (χ3n) is 10.1. The molecule has 4 fully saturated rings. The van der Waals surface area contributed by atoms with Crippen molar-refractivity contribution in [3.05, 3.63) is 88.0 Å². The number of hydrogen-bond donors (Lipinski definition) is 0. The SMILES string of the molecule is CC(C)(C)c1c[c-]c2c(c1)-c1cc(C(C)(C)C)ccc1C2.Cc1cc(C2C3CC4CC(C3)CC2C4)c[cH-]1.[Cl-].[Cl-].[Zr+4]. The molecule has 40 heavy (non-hydrogen) atoms. The van der Waals surface area contributed by atoms with Gasteiger partial charge in [0.15, 0.2) is 0 Å². The fraction of sp³-hybridized carbons (Fsp3) is 0.541. The van der Waals surface area contributed by atoms with Crippen LogP contribution in [0.15, 0.2) is 48.5 Å². The van der Waals surface area contributed by atoms with Crippen LogP contribution in [0.25, 0.3) is 11.1 Å². The molecule has 0 nitrogen and oxygen atoms in total. The first kappa shape index (κ1) is 33.8. The number of hydrogen-bond acceptors (Lipinski definition) is 0. The summed E-state index contributed by atoms with van der Waals surface area (Å²) in [5.41, 5.74) is 11.9. The van der Waals surface area contributed by atoms with Crippen LogP contribution in [0.1, 0.15) is 113 Å². The van der Waals surface area contributed by atoms with Crippen molar-refractivity contribution < 1.29 is 51.0 Å². The topological polar surface area (TPSA) is 0 Å². The number of halogens is 2. The van der Waals surface area contributed by atoms with E-state index in [1.165, 1.54) is 38.9 Å². The van der Waals surface area contributed by atoms with Gasteiger partial charge in [-0.15, -0.1) is 5.56 Å². The second-order valence-electron chi connectivity index (χ2n) is 15.0. The predicted molar refractivity (Wildman–Crippen MR) is 157 cm³/mol. The molecule has 0 unspecified atom stereocenters. The van der Waals surface area contributed by atoms with Crippen molar-refractivity contribution in [2.75, 3.05) is 0 Å². The molecule has 212 valence electrons. The molecule has 5 aliphatic rings. The summed E-state index contributed by atoms with van der Waals surface area (Å²) in [7, 11) is 0. The number of benzene rings is 2. The van der Waals surface area contributed by atoms with Gasteiger partial charge in [-0.3, -0.25) is 0 Å². The third kappa shape index (κ3) is 6.58. The van der Waals surface area contributed by atoms with Crippen LogP contribution >= 0.6 is 0 Å². The quantitative estimate of drug-likeness (QED) is 0.274. The second kappa shape index (κ2) is 12.5. The van der Waals surface area contributed by atoms with E-state index in [-0.39, 0.29) is 61.8 Å². The molecule has 0 aliphatic heterocycles. The third-order valence-corrected chi connectivity index (χ3v) is 10.1. The first-order valence-electron chi connectivity index (χ1n) is 14.9. The Balaban J connectivity index is 0.000000210. The number of fused-ring (bicyclic) bond motifs is 3. The molecule has 5 aliphatic carbocycles. The molecule has 4 bridgehead atoms. The summed E-state index contributed by atoms with van der Waals surface area (Å²) in [6, 6.07) is 22.2. The average Bonchev–Trinajstić information content (AvgIpc) is 3.40. The van der Waals surface area contributed by atoms with Gasteiger partial charge in [-0.05, 0) is 73.2 Å². The van der Waals surface area contributed by atoms with Crippen molar-refractivity contribution in [3.63, 3.8) is 0 Å². The summed E-state index contributed by atoms with van der Waals surface area (Å²) in [6.45, 7) is 15.9. The fourth-order valence-corrected chi connectivity index (χ4v) is 8.25. The molecule has 0 saturated heterocycles. The first-order chi connectivity index (χ1) is 17.5. The van der Waals surface area contributed by atoms with E-state index < -0.39 is 0 Å². The largest absolute Gasteiger partial charge is 4.00 e. The van der Waals surface area contributed by atoms with Gasteiger partial charge in [0.1, 0.15) is 0 Å². The zero-order valence-electron chi connectivity index (χ0n) is 25.5. The van der Waals surface area contributed by atoms with E-state index in [9.17, 15) is 0 Å². The van der Waals surface area contributed by atoms with Crippen molar-refractivity contribution >= 4 is 0 Å². The Bertz CT molecular complexity index is 1210. The molecular weight excluding hydrogens is 607 g/mol. The van der Waals surface area contributed by atoms with Gasteiger partial charge in [0.05, 0.1) is 0 Å². The van der Waals surface area contributed by atoms with E-state index in [0.29, 0.717) is 0 Å². The number of rotatable bonds is 1. The Labute approximate surface area is 275 Å². The molecule has 4 saturated carbocycles. The Kier molecular flexibility index (Phi) is 10.5. The maximum Gasteiger partial charge on any atom is 4.00 e. The minimum absolute atomic E-state index is 0. The molecule has 0 atom stereocenters. The first-order valence-corrected chi connectivity index (χ1v) is 14.9. The van der Waals surface area contributed by atoms with E-state index in [1.54, 1.807) is 37.7 Å². The second-order valence-corrected chi connectivity index (χ2v) is 15.0. The van der Waals surface area contributed by atoms with Crippen LogP contribution in [0, 0.1) is 36.7 Å². The Hall–Kier alpha value is -0.747. The average molecular weight is 653 g/mol. The van der Waals surface area contributed by atoms with Gasteiger partial charge < -0.3 is 24.8 Å². The van der Waals surface area contributed by atoms with E-state index in [0.717, 1.165) is 36.0 Å². The Morgan fingerprint density at radius 2 is 1.32 bits per heavy atom. The predicted octanol–water partition coefficient (Wildman–Crippen LogP) is 3.91. The van der Waals surface area contributed by atoms with Crippen LogP contribution < -0.4 is 24.8 Å². The normalized spacial score (nSPS) is 25.4. The van der Waals surface area contributed by atoms with Crippen LogP contribution in [0.5, 0.6) is 0 Å². The van der Waals surface area contributed by atoms with Crippen LogP contribution in [0.3, 0.4) is 0 Å². The van der Waals surface area contributed by atoms with Crippen LogP contribution in [-0.2, 0) is 43.5 Å². The summed E-state index contributed by atoms with van der Waals surface area (Å²) >= 11 is 0. The van der Waals surface area contributed by atoms with Crippen molar-refractivity contribution in [2.24, 2.45) is 23.7 Å². The molecule has 3 heteroatoms. The van der Waals surface area contributed by atoms with E-state index in [4.69, 9.17) is 0 Å². The molecule has 3 aromatic rings. The minimum Gasteiger partial charge on any atom is -1.00 e. The molecule has 8 rings (SSSR count). The van der Waals surface area contributed by atoms with Crippen LogP contribution in [-0.4, -0.2) is 0 Å². The molecule has 0 heterocycles. The monoisotopic (exact) mass is 650 g/mol. The number of aryl methyl sites for hydroxylation is 1. The molecule has 3 aromatic carbocycles. The zero-order chi connectivity index (χ0) is 26.1. The summed E-state index contributed by atoms with van der Waals surface area (Å²) < 4.78 is 0. The van der Waals surface area contributed by atoms with Crippen LogP contribution in [0.2, 0.25) is 0 Å². The zero-order valence-corrected chi connectivity index (χ0v) is 29.5. The van der Waals surface area contributed by atoms with Gasteiger partial charge in [-0.1, -0.05) is 89.1 Å². The summed E-state index contributed by atoms with van der Waals surface area (Å²) in [6.07, 6.45) is 8.77. The van der Waals surface area contributed by atoms with Crippen molar-refractivity contribution in [1.82, 2.24) is 0 Å². The Morgan fingerprint density at radius 1 is 0.750 bits per heavy atom. The summed E-state index contributed by atoms with van der Waals surface area (Å²) in [4.78, 5) is 0. The van der Waals surface area contributed by atoms with Gasteiger partial charge in [0.25, 0.3) is 0 Å². The fourth-order valence-electron chi connectivity index (χ4n) is 8.25. The van der Waals surface area contributed by atoms with Crippen molar-refractivity contribution in [1.29, 1.82) is 0 Å². The van der Waals surface area contributed by atoms with Gasteiger partial charge in [0.2, 0.25) is 0 Å². The molecule has 0 spiro atoms. The molecule has 0 radical (unpaired) electrons. The van der Waals surface area contributed by atoms with E-state index in [1.807, 2.05) is 0 Å². The van der Waals surface area contributed by atoms with E-state index >= 15 is 0 Å². The standard InChI is InChI=1S/C21H25.C16H21.2ClH.Zr/c1-20(2,3)16-9-7-14-11-15-8-10-17(21(4,5)6)13-19(15)18(14)12-16;1-10-2-3-13(4-10)16-14-6-11-5-12(8-14)9-15(16)7-11;;;/h7,9-10,12-13H,11H2,1-6H3;2-4,11-12,14-16H,5-9H2,1H3;2*1H;/q2*-1;;;+4/p-2. The molecule has 0 aromatic heterocycles.